The number of fused-ring (bicyclic) bond motifs is 2. The van der Waals surface area contributed by atoms with Crippen LogP contribution >= 0.6 is 11.6 Å². The molecule has 7 rings (SSSR count). The highest BCUT2D eigenvalue weighted by atomic mass is 35.5. The van der Waals surface area contributed by atoms with E-state index < -0.39 is 7.12 Å². The third-order valence-electron chi connectivity index (χ3n) is 8.54. The molecule has 2 aromatic carbocycles. The first-order chi connectivity index (χ1) is 20.8. The molecule has 10 heteroatoms. The van der Waals surface area contributed by atoms with Crippen LogP contribution in [0.1, 0.15) is 53.7 Å². The number of benzene rings is 2. The minimum absolute atomic E-state index is 0. The number of halogens is 1. The lowest BCUT2D eigenvalue weighted by Gasteiger charge is -2.32. The predicted molar refractivity (Wildman–Crippen MR) is 192 cm³/mol. The van der Waals surface area contributed by atoms with Gasteiger partial charge in [0.25, 0.3) is 0 Å². The fraction of sp³-hybridized carbons (Fsp3) is 0.333. The van der Waals surface area contributed by atoms with Crippen molar-refractivity contribution in [1.82, 2.24) is 29.5 Å². The van der Waals surface area contributed by atoms with Gasteiger partial charge in [0, 0.05) is 53.4 Å². The molecule has 4 aromatic heterocycles. The van der Waals surface area contributed by atoms with Crippen molar-refractivity contribution in [2.75, 3.05) is 0 Å². The molecule has 240 valence electrons. The largest absolute Gasteiger partial charge is 0.495 e. The summed E-state index contributed by atoms with van der Waals surface area (Å²) in [6, 6.07) is 16.1. The maximum absolute atomic E-state index is 6.25. The topological polar surface area (TPSA) is 79.9 Å². The van der Waals surface area contributed by atoms with E-state index in [1.165, 1.54) is 0 Å². The summed E-state index contributed by atoms with van der Waals surface area (Å²) in [5.74, 6) is 0. The van der Waals surface area contributed by atoms with Crippen molar-refractivity contribution in [3.05, 3.63) is 89.5 Å². The molecule has 0 atom stereocenters. The third-order valence-corrected chi connectivity index (χ3v) is 8.87. The molecule has 0 saturated carbocycles. The van der Waals surface area contributed by atoms with E-state index in [1.807, 2.05) is 76.1 Å². The molecule has 0 spiro atoms. The van der Waals surface area contributed by atoms with Gasteiger partial charge in [-0.1, -0.05) is 44.7 Å². The van der Waals surface area contributed by atoms with Gasteiger partial charge in [-0.15, -0.1) is 0 Å². The van der Waals surface area contributed by atoms with Gasteiger partial charge < -0.3 is 9.31 Å². The van der Waals surface area contributed by atoms with Crippen molar-refractivity contribution in [2.24, 2.45) is 14.1 Å². The Morgan fingerprint density at radius 1 is 0.696 bits per heavy atom. The minimum atomic E-state index is -0.394. The molecule has 46 heavy (non-hydrogen) atoms. The van der Waals surface area contributed by atoms with E-state index in [1.54, 1.807) is 9.36 Å². The summed E-state index contributed by atoms with van der Waals surface area (Å²) in [5, 5.41) is 11.2. The van der Waals surface area contributed by atoms with Crippen molar-refractivity contribution in [1.29, 1.82) is 0 Å². The van der Waals surface area contributed by atoms with Crippen molar-refractivity contribution in [3.63, 3.8) is 0 Å². The molecule has 0 aliphatic carbocycles. The summed E-state index contributed by atoms with van der Waals surface area (Å²) >= 11 is 6.18. The molecule has 1 aliphatic heterocycles. The van der Waals surface area contributed by atoms with Crippen LogP contribution in [0.15, 0.2) is 73.3 Å². The number of hydrogen-bond donors (Lipinski definition) is 0. The van der Waals surface area contributed by atoms with Crippen LogP contribution in [-0.4, -0.2) is 47.8 Å². The quantitative estimate of drug-likeness (QED) is 0.182. The molecular formula is C36H44BClN6O2. The van der Waals surface area contributed by atoms with Crippen molar-refractivity contribution in [3.8, 4) is 22.5 Å². The average molecular weight is 639 g/mol. The molecule has 0 amide bonds. The fourth-order valence-electron chi connectivity index (χ4n) is 5.43. The smallest absolute Gasteiger partial charge is 0.399 e. The Morgan fingerprint density at radius 2 is 1.15 bits per heavy atom. The highest BCUT2D eigenvalue weighted by Gasteiger charge is 2.52. The molecule has 0 bridgehead atoms. The molecule has 0 radical (unpaired) electrons. The van der Waals surface area contributed by atoms with Gasteiger partial charge in [-0.05, 0) is 88.5 Å². The molecule has 5 heterocycles. The van der Waals surface area contributed by atoms with Crippen LogP contribution < -0.4 is 5.46 Å². The van der Waals surface area contributed by atoms with E-state index in [2.05, 4.69) is 68.0 Å². The van der Waals surface area contributed by atoms with E-state index >= 15 is 0 Å². The average Bonchev–Trinajstić information content (AvgIpc) is 3.65. The van der Waals surface area contributed by atoms with E-state index in [0.717, 1.165) is 65.9 Å². The number of aromatic nitrogens is 6. The lowest BCUT2D eigenvalue weighted by atomic mass is 9.76. The highest BCUT2D eigenvalue weighted by Crippen LogP contribution is 2.37. The fourth-order valence-corrected chi connectivity index (χ4v) is 5.65. The number of pyridine rings is 2. The molecule has 1 aliphatic rings. The summed E-state index contributed by atoms with van der Waals surface area (Å²) < 4.78 is 16.1. The SMILES string of the molecule is C.C.Cc1cc2c(B3OC(C)(C)C(C)(C)O3)cccc2nc1-c1cnn(C)c1.Cc1cc2c(Cl)cccc2nc1-c1cnn(C)c1. The van der Waals surface area contributed by atoms with Crippen molar-refractivity contribution in [2.45, 2.75) is 67.6 Å². The molecule has 1 saturated heterocycles. The standard InChI is InChI=1S/C20H24BN3O2.C14H12ClN3.2CH4/c1-13-10-15-16(21-25-19(2,3)20(4,5)26-21)8-7-9-17(15)23-18(13)14-11-22-24(6)12-14;1-9-6-11-12(15)4-3-5-13(11)17-14(9)10-7-16-18(2)8-10;;/h7-12H,1-6H3;3-8H,1-2H3;2*1H4. The molecule has 1 fully saturated rings. The summed E-state index contributed by atoms with van der Waals surface area (Å²) in [6.45, 7) is 12.4. The van der Waals surface area contributed by atoms with Crippen molar-refractivity contribution < 1.29 is 9.31 Å². The van der Waals surface area contributed by atoms with Gasteiger partial charge in [-0.2, -0.15) is 10.2 Å². The van der Waals surface area contributed by atoms with Gasteiger partial charge in [0.15, 0.2) is 0 Å². The number of nitrogens with zero attached hydrogens (tertiary/aromatic N) is 6. The predicted octanol–water partition coefficient (Wildman–Crippen LogP) is 8.11. The van der Waals surface area contributed by atoms with Crippen molar-refractivity contribution >= 4 is 46.0 Å². The minimum Gasteiger partial charge on any atom is -0.399 e. The van der Waals surface area contributed by atoms with Gasteiger partial charge in [0.2, 0.25) is 0 Å². The second-order valence-corrected chi connectivity index (χ2v) is 12.8. The zero-order chi connectivity index (χ0) is 31.4. The van der Waals surface area contributed by atoms with Crippen LogP contribution in [0.25, 0.3) is 44.3 Å². The molecule has 6 aromatic rings. The van der Waals surface area contributed by atoms with Crippen LogP contribution in [0.3, 0.4) is 0 Å². The van der Waals surface area contributed by atoms with Crippen LogP contribution in [0.4, 0.5) is 0 Å². The summed E-state index contributed by atoms with van der Waals surface area (Å²) in [6.07, 6.45) is 7.62. The summed E-state index contributed by atoms with van der Waals surface area (Å²) in [5.41, 5.74) is 8.30. The summed E-state index contributed by atoms with van der Waals surface area (Å²) in [7, 11) is 3.42. The number of hydrogen-bond acceptors (Lipinski definition) is 6. The van der Waals surface area contributed by atoms with Crippen LogP contribution in [-0.2, 0) is 23.4 Å². The number of rotatable bonds is 3. The molecule has 0 N–H and O–H groups in total. The Balaban J connectivity index is 0.000000212. The Bertz CT molecular complexity index is 2000. The normalized spacial score (nSPS) is 14.8. The number of aryl methyl sites for hydroxylation is 4. The Morgan fingerprint density at radius 3 is 1.63 bits per heavy atom. The lowest BCUT2D eigenvalue weighted by Crippen LogP contribution is -2.41. The zero-order valence-electron chi connectivity index (χ0n) is 26.4. The van der Waals surface area contributed by atoms with Gasteiger partial charge in [-0.25, -0.2) is 9.97 Å². The first-order valence-electron chi connectivity index (χ1n) is 14.6. The van der Waals surface area contributed by atoms with E-state index in [0.29, 0.717) is 0 Å². The van der Waals surface area contributed by atoms with Gasteiger partial charge in [-0.3, -0.25) is 9.36 Å². The second-order valence-electron chi connectivity index (χ2n) is 12.4. The van der Waals surface area contributed by atoms with Crippen LogP contribution in [0.5, 0.6) is 0 Å². The first-order valence-corrected chi connectivity index (χ1v) is 15.0. The molecule has 0 unspecified atom stereocenters. The van der Waals surface area contributed by atoms with Gasteiger partial charge >= 0.3 is 7.12 Å². The Kier molecular flexibility index (Phi) is 9.83. The van der Waals surface area contributed by atoms with Crippen LogP contribution in [0, 0.1) is 13.8 Å². The van der Waals surface area contributed by atoms with E-state index in [9.17, 15) is 0 Å². The Hall–Kier alpha value is -4.05. The van der Waals surface area contributed by atoms with E-state index in [4.69, 9.17) is 25.9 Å². The lowest BCUT2D eigenvalue weighted by molar-refractivity contribution is 0.00578. The molecule has 8 nitrogen and oxygen atoms in total. The third kappa shape index (κ3) is 6.45. The monoisotopic (exact) mass is 638 g/mol. The first kappa shape index (κ1) is 34.8. The zero-order valence-corrected chi connectivity index (χ0v) is 27.1. The van der Waals surface area contributed by atoms with Gasteiger partial charge in [0.1, 0.15) is 0 Å². The molecular weight excluding hydrogens is 595 g/mol. The summed E-state index contributed by atoms with van der Waals surface area (Å²) in [4.78, 5) is 9.58. The second kappa shape index (κ2) is 13.0. The Labute approximate surface area is 277 Å². The van der Waals surface area contributed by atoms with E-state index in [-0.39, 0.29) is 26.1 Å². The van der Waals surface area contributed by atoms with Crippen LogP contribution in [0.2, 0.25) is 5.02 Å². The van der Waals surface area contributed by atoms with Gasteiger partial charge in [0.05, 0.1) is 46.0 Å². The highest BCUT2D eigenvalue weighted by molar-refractivity contribution is 6.65. The maximum Gasteiger partial charge on any atom is 0.495 e. The maximum atomic E-state index is 6.25.